The first-order valence-corrected chi connectivity index (χ1v) is 12.1. The van der Waals surface area contributed by atoms with Gasteiger partial charge in [0.25, 0.3) is 0 Å². The van der Waals surface area contributed by atoms with Crippen molar-refractivity contribution in [3.05, 3.63) is 12.7 Å². The van der Waals surface area contributed by atoms with Crippen LogP contribution in [0, 0.1) is 5.92 Å². The van der Waals surface area contributed by atoms with Crippen LogP contribution in [0.4, 0.5) is 0 Å². The number of unbranched alkanes of at least 4 members (excludes halogenated alkanes) is 5. The van der Waals surface area contributed by atoms with Crippen LogP contribution in [0.1, 0.15) is 91.9 Å². The first-order chi connectivity index (χ1) is 13.6. The number of rotatable bonds is 14. The van der Waals surface area contributed by atoms with Gasteiger partial charge >= 0.3 is 0 Å². The highest BCUT2D eigenvalue weighted by molar-refractivity contribution is 4.77. The fourth-order valence-electron chi connectivity index (χ4n) is 3.44. The van der Waals surface area contributed by atoms with Gasteiger partial charge in [0.1, 0.15) is 0 Å². The molecule has 1 rings (SSSR count). The Balaban J connectivity index is 0. The van der Waals surface area contributed by atoms with Crippen LogP contribution in [0.15, 0.2) is 12.7 Å². The molecule has 1 fully saturated rings. The molecule has 170 valence electrons. The first-order valence-electron chi connectivity index (χ1n) is 12.1. The molecule has 0 aromatic carbocycles. The van der Waals surface area contributed by atoms with Gasteiger partial charge in [0, 0.05) is 26.8 Å². The second-order valence-corrected chi connectivity index (χ2v) is 8.26. The molecule has 0 N–H and O–H groups in total. The summed E-state index contributed by atoms with van der Waals surface area (Å²) < 4.78 is 4.69. The van der Waals surface area contributed by atoms with Crippen molar-refractivity contribution in [1.29, 1.82) is 0 Å². The molecule has 0 aromatic rings. The third kappa shape index (κ3) is 21.9. The smallest absolute Gasteiger partial charge is 0.0459 e. The summed E-state index contributed by atoms with van der Waals surface area (Å²) in [6, 6.07) is 0. The number of allylic oxidation sites excluding steroid dienone is 1. The lowest BCUT2D eigenvalue weighted by molar-refractivity contribution is 0.199. The third-order valence-electron chi connectivity index (χ3n) is 4.87. The Kier molecular flexibility index (Phi) is 26.3. The maximum Gasteiger partial charge on any atom is 0.0459 e. The zero-order valence-electron chi connectivity index (χ0n) is 20.5. The van der Waals surface area contributed by atoms with E-state index in [-0.39, 0.29) is 0 Å². The molecule has 0 spiro atoms. The van der Waals surface area contributed by atoms with Gasteiger partial charge in [-0.05, 0) is 64.7 Å². The molecule has 0 bridgehead atoms. The fourth-order valence-corrected chi connectivity index (χ4v) is 3.44. The van der Waals surface area contributed by atoms with E-state index in [1.165, 1.54) is 84.1 Å². The zero-order valence-corrected chi connectivity index (χ0v) is 20.5. The number of methoxy groups -OCH3 is 1. The normalized spacial score (nSPS) is 16.3. The Morgan fingerprint density at radius 3 is 2.11 bits per heavy atom. The third-order valence-corrected chi connectivity index (χ3v) is 4.87. The van der Waals surface area contributed by atoms with E-state index < -0.39 is 0 Å². The molecule has 0 aromatic heterocycles. The van der Waals surface area contributed by atoms with E-state index in [0.717, 1.165) is 25.4 Å². The fraction of sp³-hybridized carbons (Fsp3) is 0.920. The molecule has 0 saturated carbocycles. The predicted molar refractivity (Wildman–Crippen MR) is 128 cm³/mol. The largest absolute Gasteiger partial charge is 0.385 e. The molecule has 1 aliphatic heterocycles. The Hall–Kier alpha value is -0.380. The van der Waals surface area contributed by atoms with Gasteiger partial charge in [-0.1, -0.05) is 65.9 Å². The molecular formula is C25H54N2O. The van der Waals surface area contributed by atoms with Crippen molar-refractivity contribution in [2.24, 2.45) is 5.92 Å². The van der Waals surface area contributed by atoms with Crippen LogP contribution in [-0.4, -0.2) is 63.3 Å². The van der Waals surface area contributed by atoms with Crippen molar-refractivity contribution in [3.8, 4) is 0 Å². The summed E-state index contributed by atoms with van der Waals surface area (Å²) in [5.74, 6) is 0.902. The number of likely N-dealkylation sites (tertiary alicyclic amines) is 1. The van der Waals surface area contributed by atoms with E-state index in [0.29, 0.717) is 0 Å². The molecule has 1 heterocycles. The molecular weight excluding hydrogens is 344 g/mol. The number of nitrogens with zero attached hydrogens (tertiary/aromatic N) is 2. The topological polar surface area (TPSA) is 15.7 Å². The Morgan fingerprint density at radius 2 is 1.64 bits per heavy atom. The minimum absolute atomic E-state index is 0.889. The molecule has 1 atom stereocenters. The van der Waals surface area contributed by atoms with Crippen LogP contribution >= 0.6 is 0 Å². The van der Waals surface area contributed by atoms with Crippen molar-refractivity contribution in [1.82, 2.24) is 9.80 Å². The van der Waals surface area contributed by atoms with E-state index in [1.54, 1.807) is 7.11 Å². The summed E-state index contributed by atoms with van der Waals surface area (Å²) in [7, 11) is 3.97. The van der Waals surface area contributed by atoms with Crippen LogP contribution in [0.5, 0.6) is 0 Å². The lowest BCUT2D eigenvalue weighted by Crippen LogP contribution is -2.32. The lowest BCUT2D eigenvalue weighted by atomic mass is 10.1. The monoisotopic (exact) mass is 398 g/mol. The zero-order chi connectivity index (χ0) is 21.5. The molecule has 1 aliphatic rings. The summed E-state index contributed by atoms with van der Waals surface area (Å²) in [5.41, 5.74) is 0. The average Bonchev–Trinajstić information content (AvgIpc) is 3.08. The van der Waals surface area contributed by atoms with Crippen LogP contribution in [-0.2, 0) is 4.74 Å². The Bertz CT molecular complexity index is 294. The quantitative estimate of drug-likeness (QED) is 0.241. The van der Waals surface area contributed by atoms with E-state index in [9.17, 15) is 0 Å². The van der Waals surface area contributed by atoms with Crippen molar-refractivity contribution in [2.45, 2.75) is 91.9 Å². The van der Waals surface area contributed by atoms with Crippen molar-refractivity contribution in [3.63, 3.8) is 0 Å². The summed E-state index contributed by atoms with van der Waals surface area (Å²) in [6.07, 6.45) is 15.2. The molecule has 3 nitrogen and oxygen atoms in total. The van der Waals surface area contributed by atoms with Gasteiger partial charge in [-0.2, -0.15) is 0 Å². The van der Waals surface area contributed by atoms with E-state index in [4.69, 9.17) is 4.74 Å². The number of hydrogen-bond acceptors (Lipinski definition) is 3. The van der Waals surface area contributed by atoms with Crippen LogP contribution in [0.3, 0.4) is 0 Å². The SMILES string of the molecule is C=CCCCN(CCCCCCC)CC1CCN(C)C1.CCC.CCCOC. The summed E-state index contributed by atoms with van der Waals surface area (Å²) in [5, 5.41) is 0. The van der Waals surface area contributed by atoms with Gasteiger partial charge in [0.05, 0.1) is 0 Å². The van der Waals surface area contributed by atoms with Crippen molar-refractivity contribution < 1.29 is 4.74 Å². The van der Waals surface area contributed by atoms with Crippen LogP contribution in [0.25, 0.3) is 0 Å². The van der Waals surface area contributed by atoms with Crippen LogP contribution in [0.2, 0.25) is 0 Å². The van der Waals surface area contributed by atoms with Gasteiger partial charge in [0.2, 0.25) is 0 Å². The van der Waals surface area contributed by atoms with Gasteiger partial charge in [0.15, 0.2) is 0 Å². The second-order valence-electron chi connectivity index (χ2n) is 8.26. The number of hydrogen-bond donors (Lipinski definition) is 0. The molecule has 3 heteroatoms. The maximum absolute atomic E-state index is 4.69. The Morgan fingerprint density at radius 1 is 1.00 bits per heavy atom. The maximum atomic E-state index is 4.69. The second kappa shape index (κ2) is 24.7. The predicted octanol–water partition coefficient (Wildman–Crippen LogP) is 6.64. The lowest BCUT2D eigenvalue weighted by Gasteiger charge is -2.25. The standard InChI is InChI=1S/C18H36N2.C4H10O.C3H8/c1-4-6-8-9-11-14-20(13-10-7-5-2)17-18-12-15-19(3)16-18;1-3-4-5-2;1-3-2/h5,18H,2,4,6-17H2,1,3H3;3-4H2,1-2H3;3H2,1-2H3. The first kappa shape index (κ1) is 29.8. The number of ether oxygens (including phenoxy) is 1. The summed E-state index contributed by atoms with van der Waals surface area (Å²) in [4.78, 5) is 5.20. The molecule has 0 radical (unpaired) electrons. The van der Waals surface area contributed by atoms with Gasteiger partial charge in [-0.3, -0.25) is 0 Å². The molecule has 1 unspecified atom stereocenters. The highest BCUT2D eigenvalue weighted by Crippen LogP contribution is 2.16. The highest BCUT2D eigenvalue weighted by atomic mass is 16.5. The molecule has 0 aliphatic carbocycles. The van der Waals surface area contributed by atoms with E-state index in [1.807, 2.05) is 0 Å². The summed E-state index contributed by atoms with van der Waals surface area (Å²) in [6.45, 7) is 19.8. The van der Waals surface area contributed by atoms with Gasteiger partial charge < -0.3 is 14.5 Å². The Labute approximate surface area is 178 Å². The van der Waals surface area contributed by atoms with E-state index in [2.05, 4.69) is 57.2 Å². The molecule has 1 saturated heterocycles. The molecule has 0 amide bonds. The van der Waals surface area contributed by atoms with Gasteiger partial charge in [-0.25, -0.2) is 0 Å². The molecule has 28 heavy (non-hydrogen) atoms. The van der Waals surface area contributed by atoms with E-state index >= 15 is 0 Å². The van der Waals surface area contributed by atoms with Crippen LogP contribution < -0.4 is 0 Å². The average molecular weight is 399 g/mol. The minimum atomic E-state index is 0.889. The highest BCUT2D eigenvalue weighted by Gasteiger charge is 2.21. The minimum Gasteiger partial charge on any atom is -0.385 e. The van der Waals surface area contributed by atoms with Gasteiger partial charge in [-0.15, -0.1) is 6.58 Å². The van der Waals surface area contributed by atoms with Crippen molar-refractivity contribution >= 4 is 0 Å². The van der Waals surface area contributed by atoms with Crippen molar-refractivity contribution in [2.75, 3.05) is 53.5 Å². The summed E-state index contributed by atoms with van der Waals surface area (Å²) >= 11 is 0.